The van der Waals surface area contributed by atoms with Crippen LogP contribution in [0.5, 0.6) is 0 Å². The van der Waals surface area contributed by atoms with Crippen LogP contribution in [0.3, 0.4) is 0 Å². The lowest BCUT2D eigenvalue weighted by molar-refractivity contribution is -0.105. The van der Waals surface area contributed by atoms with Crippen LogP contribution in [0.15, 0.2) is 48.6 Å². The third kappa shape index (κ3) is 8.37. The lowest BCUT2D eigenvalue weighted by atomic mass is 10.2. The van der Waals surface area contributed by atoms with Crippen LogP contribution in [0.2, 0.25) is 0 Å². The summed E-state index contributed by atoms with van der Waals surface area (Å²) in [6.45, 7) is 4.97. The van der Waals surface area contributed by atoms with Gasteiger partial charge >= 0.3 is 0 Å². The van der Waals surface area contributed by atoms with E-state index in [2.05, 4.69) is 6.58 Å². The van der Waals surface area contributed by atoms with Crippen molar-refractivity contribution in [3.05, 3.63) is 54.1 Å². The van der Waals surface area contributed by atoms with Crippen molar-refractivity contribution >= 4 is 18.6 Å². The second-order valence-corrected chi connectivity index (χ2v) is 2.87. The minimum absolute atomic E-state index is 0.574. The topological polar surface area (TPSA) is 34.1 Å². The molecule has 0 radical (unpaired) electrons. The molecule has 0 atom stereocenters. The van der Waals surface area contributed by atoms with Crippen LogP contribution in [0.1, 0.15) is 12.5 Å². The number of allylic oxidation sites excluding steroid dienone is 2. The first-order valence-corrected chi connectivity index (χ1v) is 4.48. The number of carbonyl (C=O) groups is 2. The van der Waals surface area contributed by atoms with E-state index in [9.17, 15) is 9.59 Å². The Kier molecular flexibility index (Phi) is 7.50. The van der Waals surface area contributed by atoms with E-state index in [4.69, 9.17) is 0 Å². The highest BCUT2D eigenvalue weighted by Crippen LogP contribution is 1.99. The Bertz CT molecular complexity index is 337. The van der Waals surface area contributed by atoms with E-state index in [1.165, 1.54) is 6.08 Å². The monoisotopic (exact) mass is 202 g/mol. The first-order valence-electron chi connectivity index (χ1n) is 4.48. The van der Waals surface area contributed by atoms with E-state index < -0.39 is 0 Å². The van der Waals surface area contributed by atoms with Gasteiger partial charge in [-0.1, -0.05) is 43.0 Å². The molecule has 0 spiro atoms. The smallest absolute Gasteiger partial charge is 0.145 e. The Labute approximate surface area is 89.9 Å². The van der Waals surface area contributed by atoms with Gasteiger partial charge in [-0.05, 0) is 24.1 Å². The highest BCUT2D eigenvalue weighted by atomic mass is 16.1. The molecule has 0 aromatic heterocycles. The number of rotatable bonds is 3. The second-order valence-electron chi connectivity index (χ2n) is 2.87. The van der Waals surface area contributed by atoms with Gasteiger partial charge in [0.1, 0.15) is 12.6 Å². The third-order valence-corrected chi connectivity index (χ3v) is 1.37. The minimum Gasteiger partial charge on any atom is -0.299 e. The molecule has 78 valence electrons. The third-order valence-electron chi connectivity index (χ3n) is 1.37. The molecule has 0 aliphatic rings. The number of benzene rings is 1. The summed E-state index contributed by atoms with van der Waals surface area (Å²) in [5, 5.41) is 0. The molecule has 0 amide bonds. The predicted octanol–water partition coefficient (Wildman–Crippen LogP) is 2.66. The summed E-state index contributed by atoms with van der Waals surface area (Å²) in [5.74, 6) is 0. The summed E-state index contributed by atoms with van der Waals surface area (Å²) in [7, 11) is 0. The van der Waals surface area contributed by atoms with Crippen LogP contribution in [0.4, 0.5) is 0 Å². The maximum Gasteiger partial charge on any atom is 0.145 e. The van der Waals surface area contributed by atoms with Gasteiger partial charge in [0.15, 0.2) is 0 Å². The van der Waals surface area contributed by atoms with Crippen molar-refractivity contribution in [2.75, 3.05) is 0 Å². The zero-order valence-corrected chi connectivity index (χ0v) is 8.72. The lowest BCUT2D eigenvalue weighted by Crippen LogP contribution is -1.67. The van der Waals surface area contributed by atoms with Crippen LogP contribution in [-0.2, 0) is 9.59 Å². The Morgan fingerprint density at radius 3 is 2.13 bits per heavy atom. The van der Waals surface area contributed by atoms with Gasteiger partial charge in [-0.25, -0.2) is 0 Å². The van der Waals surface area contributed by atoms with Gasteiger partial charge in [-0.15, -0.1) is 0 Å². The maximum atomic E-state index is 9.89. The molecule has 0 bridgehead atoms. The molecule has 0 N–H and O–H groups in total. The molecule has 0 aliphatic heterocycles. The van der Waals surface area contributed by atoms with Crippen molar-refractivity contribution in [3.63, 3.8) is 0 Å². The first kappa shape index (κ1) is 13.0. The molecule has 0 saturated carbocycles. The number of aldehydes is 2. The zero-order valence-electron chi connectivity index (χ0n) is 8.72. The SMILES string of the molecule is C=C(C)C=O.O=C/C=C/c1ccccc1. The van der Waals surface area contributed by atoms with Crippen molar-refractivity contribution in [1.82, 2.24) is 0 Å². The summed E-state index contributed by atoms with van der Waals surface area (Å²) in [6, 6.07) is 9.70. The summed E-state index contributed by atoms with van der Waals surface area (Å²) in [4.78, 5) is 19.3. The van der Waals surface area contributed by atoms with Gasteiger partial charge in [0.05, 0.1) is 0 Å². The van der Waals surface area contributed by atoms with E-state index >= 15 is 0 Å². The van der Waals surface area contributed by atoms with Crippen LogP contribution in [0, 0.1) is 0 Å². The average molecular weight is 202 g/mol. The average Bonchev–Trinajstić information content (AvgIpc) is 2.28. The molecule has 0 fully saturated rings. The standard InChI is InChI=1S/C9H8O.C4H6O/c10-8-4-7-9-5-2-1-3-6-9;1-4(2)3-5/h1-8H;3H,1H2,2H3/b7-4+;. The van der Waals surface area contributed by atoms with Crippen molar-refractivity contribution in [2.45, 2.75) is 6.92 Å². The molecule has 0 saturated heterocycles. The summed E-state index contributed by atoms with van der Waals surface area (Å²) >= 11 is 0. The number of carbonyl (C=O) groups excluding carboxylic acids is 2. The molecular formula is C13H14O2. The molecule has 1 aromatic carbocycles. The van der Waals surface area contributed by atoms with Gasteiger partial charge in [0.25, 0.3) is 0 Å². The molecular weight excluding hydrogens is 188 g/mol. The fraction of sp³-hybridized carbons (Fsp3) is 0.0769. The Morgan fingerprint density at radius 1 is 1.20 bits per heavy atom. The second kappa shape index (κ2) is 8.63. The van der Waals surface area contributed by atoms with Gasteiger partial charge in [0, 0.05) is 0 Å². The highest BCUT2D eigenvalue weighted by Gasteiger charge is 1.79. The summed E-state index contributed by atoms with van der Waals surface area (Å²) < 4.78 is 0. The molecule has 0 aliphatic carbocycles. The van der Waals surface area contributed by atoms with Crippen molar-refractivity contribution in [3.8, 4) is 0 Å². The van der Waals surface area contributed by atoms with E-state index in [1.807, 2.05) is 30.3 Å². The molecule has 0 heterocycles. The summed E-state index contributed by atoms with van der Waals surface area (Å²) in [6.07, 6.45) is 4.75. The van der Waals surface area contributed by atoms with Crippen LogP contribution < -0.4 is 0 Å². The highest BCUT2D eigenvalue weighted by molar-refractivity contribution is 5.73. The Hall–Kier alpha value is -1.96. The van der Waals surface area contributed by atoms with Crippen LogP contribution in [0.25, 0.3) is 6.08 Å². The van der Waals surface area contributed by atoms with Crippen molar-refractivity contribution in [1.29, 1.82) is 0 Å². The van der Waals surface area contributed by atoms with E-state index in [0.29, 0.717) is 5.57 Å². The van der Waals surface area contributed by atoms with E-state index in [0.717, 1.165) is 18.1 Å². The zero-order chi connectivity index (χ0) is 11.5. The van der Waals surface area contributed by atoms with Crippen molar-refractivity contribution < 1.29 is 9.59 Å². The predicted molar refractivity (Wildman–Crippen MR) is 62.4 cm³/mol. The quantitative estimate of drug-likeness (QED) is 0.557. The van der Waals surface area contributed by atoms with Gasteiger partial charge in [0.2, 0.25) is 0 Å². The lowest BCUT2D eigenvalue weighted by Gasteiger charge is -1.86. The Balaban J connectivity index is 0.000000336. The fourth-order valence-corrected chi connectivity index (χ4v) is 0.715. The number of hydrogen-bond acceptors (Lipinski definition) is 2. The molecule has 15 heavy (non-hydrogen) atoms. The number of hydrogen-bond donors (Lipinski definition) is 0. The van der Waals surface area contributed by atoms with Crippen molar-refractivity contribution in [2.24, 2.45) is 0 Å². The first-order chi connectivity index (χ1) is 7.20. The minimum atomic E-state index is 0.574. The molecule has 1 rings (SSSR count). The molecule has 2 heteroatoms. The molecule has 0 unspecified atom stereocenters. The largest absolute Gasteiger partial charge is 0.299 e. The fourth-order valence-electron chi connectivity index (χ4n) is 0.715. The van der Waals surface area contributed by atoms with Gasteiger partial charge < -0.3 is 0 Å². The molecule has 2 nitrogen and oxygen atoms in total. The Morgan fingerprint density at radius 2 is 1.73 bits per heavy atom. The summed E-state index contributed by atoms with van der Waals surface area (Å²) in [5.41, 5.74) is 1.62. The van der Waals surface area contributed by atoms with Crippen LogP contribution >= 0.6 is 0 Å². The normalized spacial score (nSPS) is 8.87. The van der Waals surface area contributed by atoms with E-state index in [1.54, 1.807) is 13.0 Å². The molecule has 1 aromatic rings. The maximum absolute atomic E-state index is 9.89. The van der Waals surface area contributed by atoms with Gasteiger partial charge in [-0.2, -0.15) is 0 Å². The van der Waals surface area contributed by atoms with Crippen LogP contribution in [-0.4, -0.2) is 12.6 Å². The van der Waals surface area contributed by atoms with E-state index in [-0.39, 0.29) is 0 Å². The van der Waals surface area contributed by atoms with Gasteiger partial charge in [-0.3, -0.25) is 9.59 Å².